The van der Waals surface area contributed by atoms with Gasteiger partial charge in [-0.3, -0.25) is 0 Å². The van der Waals surface area contributed by atoms with Crippen molar-refractivity contribution in [3.8, 4) is 5.88 Å². The Hall–Kier alpha value is -1.72. The number of hydrogen-bond donors (Lipinski definition) is 2. The number of ether oxygens (including phenoxy) is 1. The molecule has 112 valence electrons. The highest BCUT2D eigenvalue weighted by Crippen LogP contribution is 2.33. The maximum absolute atomic E-state index is 6.19. The average Bonchev–Trinajstić information content (AvgIpc) is 2.45. The second-order valence-electron chi connectivity index (χ2n) is 4.50. The molecule has 0 aliphatic heterocycles. The van der Waals surface area contributed by atoms with Gasteiger partial charge in [-0.15, -0.1) is 0 Å². The number of anilines is 3. The summed E-state index contributed by atoms with van der Waals surface area (Å²) in [7, 11) is 0. The van der Waals surface area contributed by atoms with Crippen LogP contribution >= 0.6 is 23.2 Å². The molecular weight excluding hydrogens is 311 g/mol. The van der Waals surface area contributed by atoms with E-state index < -0.39 is 0 Å². The third-order valence-corrected chi connectivity index (χ3v) is 3.51. The molecule has 5 nitrogen and oxygen atoms in total. The monoisotopic (exact) mass is 326 g/mol. The molecule has 7 heteroatoms. The average molecular weight is 327 g/mol. The van der Waals surface area contributed by atoms with E-state index in [1.54, 1.807) is 12.1 Å². The fraction of sp³-hybridized carbons (Fsp3) is 0.286. The van der Waals surface area contributed by atoms with E-state index in [2.05, 4.69) is 15.3 Å². The molecule has 0 bridgehead atoms. The summed E-state index contributed by atoms with van der Waals surface area (Å²) >= 11 is 12.3. The van der Waals surface area contributed by atoms with Gasteiger partial charge in [-0.25, -0.2) is 4.98 Å². The Labute approximate surface area is 133 Å². The highest BCUT2D eigenvalue weighted by Gasteiger charge is 2.12. The fourth-order valence-electron chi connectivity index (χ4n) is 1.66. The summed E-state index contributed by atoms with van der Waals surface area (Å²) < 4.78 is 5.46. The van der Waals surface area contributed by atoms with E-state index in [9.17, 15) is 0 Å². The Morgan fingerprint density at radius 2 is 2.00 bits per heavy atom. The lowest BCUT2D eigenvalue weighted by atomic mass is 10.2. The summed E-state index contributed by atoms with van der Waals surface area (Å²) in [5, 5.41) is 4.19. The van der Waals surface area contributed by atoms with Crippen molar-refractivity contribution in [2.45, 2.75) is 20.3 Å². The molecule has 0 unspecified atom stereocenters. The van der Waals surface area contributed by atoms with Crippen LogP contribution in [0.2, 0.25) is 10.0 Å². The Kier molecular flexibility index (Phi) is 5.09. The van der Waals surface area contributed by atoms with Crippen LogP contribution in [0.3, 0.4) is 0 Å². The van der Waals surface area contributed by atoms with E-state index in [-0.39, 0.29) is 0 Å². The van der Waals surface area contributed by atoms with E-state index in [4.69, 9.17) is 33.7 Å². The molecule has 0 fully saturated rings. The number of rotatable bonds is 5. The minimum Gasteiger partial charge on any atom is -0.476 e. The minimum atomic E-state index is 0.332. The summed E-state index contributed by atoms with van der Waals surface area (Å²) in [6.45, 7) is 4.43. The Morgan fingerprint density at radius 3 is 2.71 bits per heavy atom. The normalized spacial score (nSPS) is 10.5. The van der Waals surface area contributed by atoms with Gasteiger partial charge >= 0.3 is 0 Å². The second-order valence-corrected chi connectivity index (χ2v) is 5.31. The molecule has 1 aromatic carbocycles. The van der Waals surface area contributed by atoms with Crippen molar-refractivity contribution in [2.24, 2.45) is 0 Å². The fourth-order valence-corrected chi connectivity index (χ4v) is 2.09. The standard InChI is InChI=1S/C14H16Cl2N4O/c1-3-4-21-14-12(17)13(18-7-19-14)20-11-6-9(15)8(2)5-10(11)16/h5-7H,3-4,17H2,1-2H3,(H,18,19,20). The molecule has 2 rings (SSSR count). The molecule has 1 aromatic heterocycles. The van der Waals surface area contributed by atoms with Crippen molar-refractivity contribution in [1.29, 1.82) is 0 Å². The Morgan fingerprint density at radius 1 is 1.24 bits per heavy atom. The minimum absolute atomic E-state index is 0.332. The first kappa shape index (κ1) is 15.7. The zero-order chi connectivity index (χ0) is 15.4. The largest absolute Gasteiger partial charge is 0.476 e. The molecule has 0 spiro atoms. The third kappa shape index (κ3) is 3.68. The van der Waals surface area contributed by atoms with Crippen LogP contribution in [-0.4, -0.2) is 16.6 Å². The first-order chi connectivity index (χ1) is 10.0. The van der Waals surface area contributed by atoms with E-state index in [1.807, 2.05) is 13.8 Å². The number of nitrogens with two attached hydrogens (primary N) is 1. The van der Waals surface area contributed by atoms with Gasteiger partial charge in [0, 0.05) is 5.02 Å². The molecule has 3 N–H and O–H groups in total. The Balaban J connectivity index is 2.29. The number of halogens is 2. The van der Waals surface area contributed by atoms with E-state index in [0.29, 0.717) is 39.7 Å². The summed E-state index contributed by atoms with van der Waals surface area (Å²) in [5.41, 5.74) is 7.86. The summed E-state index contributed by atoms with van der Waals surface area (Å²) in [5.74, 6) is 0.779. The van der Waals surface area contributed by atoms with Gasteiger partial charge in [0.1, 0.15) is 12.0 Å². The topological polar surface area (TPSA) is 73.1 Å². The number of nitrogens with one attached hydrogen (secondary N) is 1. The third-order valence-electron chi connectivity index (χ3n) is 2.79. The molecule has 0 aliphatic rings. The summed E-state index contributed by atoms with van der Waals surface area (Å²) in [6.07, 6.45) is 2.25. The SMILES string of the molecule is CCCOc1ncnc(Nc2cc(Cl)c(C)cc2Cl)c1N. The van der Waals surface area contributed by atoms with Crippen LogP contribution in [0.1, 0.15) is 18.9 Å². The smallest absolute Gasteiger partial charge is 0.242 e. The lowest BCUT2D eigenvalue weighted by Gasteiger charge is -2.13. The lowest BCUT2D eigenvalue weighted by molar-refractivity contribution is 0.307. The second kappa shape index (κ2) is 6.83. The number of aryl methyl sites for hydroxylation is 1. The maximum atomic E-state index is 6.19. The molecule has 0 atom stereocenters. The predicted octanol–water partition coefficient (Wildman–Crippen LogP) is 4.21. The zero-order valence-electron chi connectivity index (χ0n) is 11.8. The number of aromatic nitrogens is 2. The van der Waals surface area contributed by atoms with Gasteiger partial charge in [-0.2, -0.15) is 4.98 Å². The van der Waals surface area contributed by atoms with Crippen molar-refractivity contribution in [2.75, 3.05) is 17.7 Å². The molecule has 0 aliphatic carbocycles. The highest BCUT2D eigenvalue weighted by molar-refractivity contribution is 6.35. The molecule has 0 amide bonds. The van der Waals surface area contributed by atoms with Crippen molar-refractivity contribution in [3.63, 3.8) is 0 Å². The molecule has 2 aromatic rings. The van der Waals surface area contributed by atoms with E-state index in [1.165, 1.54) is 6.33 Å². The Bertz CT molecular complexity index is 649. The van der Waals surface area contributed by atoms with Crippen molar-refractivity contribution < 1.29 is 4.74 Å². The number of nitrogen functional groups attached to an aromatic ring is 1. The van der Waals surface area contributed by atoms with Gasteiger partial charge in [0.25, 0.3) is 0 Å². The molecule has 0 saturated carbocycles. The van der Waals surface area contributed by atoms with Gasteiger partial charge in [0.2, 0.25) is 5.88 Å². The van der Waals surface area contributed by atoms with Crippen molar-refractivity contribution >= 4 is 40.4 Å². The molecule has 0 saturated heterocycles. The predicted molar refractivity (Wildman–Crippen MR) is 86.7 cm³/mol. The van der Waals surface area contributed by atoms with Crippen LogP contribution in [0.5, 0.6) is 5.88 Å². The van der Waals surface area contributed by atoms with Crippen LogP contribution in [0.4, 0.5) is 17.2 Å². The highest BCUT2D eigenvalue weighted by atomic mass is 35.5. The van der Waals surface area contributed by atoms with E-state index >= 15 is 0 Å². The molecule has 0 radical (unpaired) electrons. The lowest BCUT2D eigenvalue weighted by Crippen LogP contribution is -2.06. The number of nitrogens with zero attached hydrogens (tertiary/aromatic N) is 2. The molecular formula is C14H16Cl2N4O. The first-order valence-electron chi connectivity index (χ1n) is 6.48. The maximum Gasteiger partial charge on any atom is 0.242 e. The molecule has 1 heterocycles. The summed E-state index contributed by atoms with van der Waals surface area (Å²) in [6, 6.07) is 3.51. The van der Waals surface area contributed by atoms with Crippen LogP contribution in [0.25, 0.3) is 0 Å². The van der Waals surface area contributed by atoms with Crippen molar-refractivity contribution in [1.82, 2.24) is 9.97 Å². The number of benzene rings is 1. The van der Waals surface area contributed by atoms with Crippen molar-refractivity contribution in [3.05, 3.63) is 34.1 Å². The molecule has 21 heavy (non-hydrogen) atoms. The van der Waals surface area contributed by atoms with E-state index in [0.717, 1.165) is 12.0 Å². The van der Waals surface area contributed by atoms with Gasteiger partial charge in [0.15, 0.2) is 5.82 Å². The van der Waals surface area contributed by atoms with Crippen LogP contribution in [0.15, 0.2) is 18.5 Å². The first-order valence-corrected chi connectivity index (χ1v) is 7.24. The zero-order valence-corrected chi connectivity index (χ0v) is 13.3. The van der Waals surface area contributed by atoms with Gasteiger partial charge < -0.3 is 15.8 Å². The van der Waals surface area contributed by atoms with Crippen LogP contribution < -0.4 is 15.8 Å². The van der Waals surface area contributed by atoms with Gasteiger partial charge in [-0.1, -0.05) is 30.1 Å². The quantitative estimate of drug-likeness (QED) is 0.861. The number of hydrogen-bond acceptors (Lipinski definition) is 5. The van der Waals surface area contributed by atoms with Crippen LogP contribution in [0, 0.1) is 6.92 Å². The van der Waals surface area contributed by atoms with Crippen LogP contribution in [-0.2, 0) is 0 Å². The van der Waals surface area contributed by atoms with Gasteiger partial charge in [-0.05, 0) is 31.0 Å². The summed E-state index contributed by atoms with van der Waals surface area (Å²) in [4.78, 5) is 8.12. The van der Waals surface area contributed by atoms with Gasteiger partial charge in [0.05, 0.1) is 17.3 Å².